The minimum absolute atomic E-state index is 0.285. The Morgan fingerprint density at radius 1 is 1.35 bits per heavy atom. The van der Waals surface area contributed by atoms with Crippen molar-refractivity contribution in [3.05, 3.63) is 35.9 Å². The molecule has 2 unspecified atom stereocenters. The molecule has 1 aromatic carbocycles. The van der Waals surface area contributed by atoms with Crippen molar-refractivity contribution in [1.82, 2.24) is 5.32 Å². The number of thioether (sulfide) groups is 1. The first-order valence-electron chi connectivity index (χ1n) is 6.22. The lowest BCUT2D eigenvalue weighted by Gasteiger charge is -2.20. The third-order valence-electron chi connectivity index (χ3n) is 2.78. The zero-order valence-corrected chi connectivity index (χ0v) is 12.3. The highest BCUT2D eigenvalue weighted by Crippen LogP contribution is 2.17. The van der Waals surface area contributed by atoms with Crippen molar-refractivity contribution in [1.29, 1.82) is 0 Å². The Morgan fingerprint density at radius 2 is 1.95 bits per heavy atom. The van der Waals surface area contributed by atoms with Crippen LogP contribution in [0.25, 0.3) is 0 Å². The predicted molar refractivity (Wildman–Crippen MR) is 78.5 cm³/mol. The molecule has 3 N–H and O–H groups in total. The summed E-state index contributed by atoms with van der Waals surface area (Å²) in [7, 11) is 0. The van der Waals surface area contributed by atoms with Crippen molar-refractivity contribution >= 4 is 23.6 Å². The van der Waals surface area contributed by atoms with E-state index in [0.29, 0.717) is 5.75 Å². The summed E-state index contributed by atoms with van der Waals surface area (Å²) in [5.41, 5.74) is -0.825. The van der Waals surface area contributed by atoms with E-state index in [-0.39, 0.29) is 17.7 Å². The minimum Gasteiger partial charge on any atom is -0.479 e. The molecule has 0 aliphatic carbocycles. The van der Waals surface area contributed by atoms with Crippen LogP contribution < -0.4 is 5.32 Å². The molecule has 0 bridgehead atoms. The summed E-state index contributed by atoms with van der Waals surface area (Å²) in [6.07, 6.45) is 0. The zero-order valence-electron chi connectivity index (χ0n) is 11.5. The summed E-state index contributed by atoms with van der Waals surface area (Å²) in [6, 6.07) is 9.76. The lowest BCUT2D eigenvalue weighted by Crippen LogP contribution is -2.48. The first-order valence-corrected chi connectivity index (χ1v) is 7.27. The molecular formula is C14H19NO4S. The molecule has 0 aromatic heterocycles. The van der Waals surface area contributed by atoms with Crippen LogP contribution in [0.4, 0.5) is 0 Å². The van der Waals surface area contributed by atoms with Crippen molar-refractivity contribution in [2.45, 2.75) is 30.5 Å². The van der Waals surface area contributed by atoms with Crippen LogP contribution in [0.1, 0.15) is 19.4 Å². The van der Waals surface area contributed by atoms with Gasteiger partial charge in [0.15, 0.2) is 5.60 Å². The van der Waals surface area contributed by atoms with Crippen LogP contribution in [0.5, 0.6) is 0 Å². The van der Waals surface area contributed by atoms with Crippen molar-refractivity contribution in [3.8, 4) is 0 Å². The summed E-state index contributed by atoms with van der Waals surface area (Å²) < 4.78 is 0. The lowest BCUT2D eigenvalue weighted by atomic mass is 10.1. The maximum Gasteiger partial charge on any atom is 0.337 e. The van der Waals surface area contributed by atoms with Crippen LogP contribution in [0.3, 0.4) is 0 Å². The van der Waals surface area contributed by atoms with E-state index in [1.165, 1.54) is 11.8 Å². The minimum atomic E-state index is -1.94. The van der Waals surface area contributed by atoms with Crippen LogP contribution in [-0.2, 0) is 15.3 Å². The number of hydrogen-bond donors (Lipinski definition) is 3. The van der Waals surface area contributed by atoms with E-state index in [1.54, 1.807) is 6.92 Å². The van der Waals surface area contributed by atoms with E-state index >= 15 is 0 Å². The van der Waals surface area contributed by atoms with E-state index in [9.17, 15) is 14.7 Å². The van der Waals surface area contributed by atoms with Gasteiger partial charge in [-0.05, 0) is 19.4 Å². The molecule has 0 aliphatic rings. The molecule has 0 saturated carbocycles. The molecule has 20 heavy (non-hydrogen) atoms. The first kappa shape index (κ1) is 16.5. The summed E-state index contributed by atoms with van der Waals surface area (Å²) in [4.78, 5) is 22.5. The molecular weight excluding hydrogens is 278 g/mol. The topological polar surface area (TPSA) is 86.6 Å². The smallest absolute Gasteiger partial charge is 0.337 e. The third kappa shape index (κ3) is 5.22. The number of carbonyl (C=O) groups excluding carboxylic acids is 1. The van der Waals surface area contributed by atoms with E-state index in [4.69, 9.17) is 5.11 Å². The normalized spacial score (nSPS) is 15.2. The van der Waals surface area contributed by atoms with Gasteiger partial charge >= 0.3 is 5.97 Å². The van der Waals surface area contributed by atoms with Crippen LogP contribution in [0.2, 0.25) is 0 Å². The van der Waals surface area contributed by atoms with Crippen LogP contribution in [0, 0.1) is 0 Å². The Morgan fingerprint density at radius 3 is 2.50 bits per heavy atom. The molecule has 6 heteroatoms. The van der Waals surface area contributed by atoms with Crippen molar-refractivity contribution in [2.75, 3.05) is 6.54 Å². The molecule has 1 amide bonds. The van der Waals surface area contributed by atoms with Gasteiger partial charge in [-0.25, -0.2) is 4.79 Å². The Hall–Kier alpha value is -1.53. The van der Waals surface area contributed by atoms with Crippen LogP contribution >= 0.6 is 11.8 Å². The van der Waals surface area contributed by atoms with Gasteiger partial charge in [-0.1, -0.05) is 30.3 Å². The molecule has 2 atom stereocenters. The average Bonchev–Trinajstić information content (AvgIpc) is 2.43. The predicted octanol–water partition coefficient (Wildman–Crippen LogP) is 1.26. The van der Waals surface area contributed by atoms with Crippen LogP contribution in [0.15, 0.2) is 30.3 Å². The number of rotatable bonds is 7. The van der Waals surface area contributed by atoms with Gasteiger partial charge in [0.1, 0.15) is 0 Å². The van der Waals surface area contributed by atoms with Gasteiger partial charge in [0.05, 0.1) is 11.8 Å². The fourth-order valence-corrected chi connectivity index (χ4v) is 2.22. The standard InChI is InChI=1S/C14H19NO4S/c1-10(20-8-11-6-4-3-5-7-11)12(16)15-9-14(2,19)13(17)18/h3-7,10,19H,8-9H2,1-2H3,(H,15,16)(H,17,18). The second-order valence-corrected chi connectivity index (χ2v) is 6.06. The van der Waals surface area contributed by atoms with Gasteiger partial charge in [0, 0.05) is 5.75 Å². The molecule has 0 radical (unpaired) electrons. The maximum absolute atomic E-state index is 11.8. The van der Waals surface area contributed by atoms with Gasteiger partial charge < -0.3 is 15.5 Å². The second-order valence-electron chi connectivity index (χ2n) is 4.74. The SMILES string of the molecule is CC(SCc1ccccc1)C(=O)NCC(C)(O)C(=O)O. The molecule has 110 valence electrons. The number of carbonyl (C=O) groups is 2. The lowest BCUT2D eigenvalue weighted by molar-refractivity contribution is -0.156. The fraction of sp³-hybridized carbons (Fsp3) is 0.429. The molecule has 1 rings (SSSR count). The number of carboxylic acid groups (broad SMARTS) is 1. The number of amides is 1. The Labute approximate surface area is 122 Å². The number of aliphatic carboxylic acids is 1. The highest BCUT2D eigenvalue weighted by atomic mass is 32.2. The van der Waals surface area contributed by atoms with Gasteiger partial charge in [-0.15, -0.1) is 11.8 Å². The van der Waals surface area contributed by atoms with E-state index < -0.39 is 11.6 Å². The number of hydrogen-bond acceptors (Lipinski definition) is 4. The number of benzene rings is 1. The average molecular weight is 297 g/mol. The van der Waals surface area contributed by atoms with E-state index in [1.807, 2.05) is 30.3 Å². The van der Waals surface area contributed by atoms with Gasteiger partial charge in [-0.2, -0.15) is 0 Å². The second kappa shape index (κ2) is 7.31. The van der Waals surface area contributed by atoms with Gasteiger partial charge in [0.2, 0.25) is 5.91 Å². The van der Waals surface area contributed by atoms with Crippen molar-refractivity contribution in [2.24, 2.45) is 0 Å². The number of nitrogens with one attached hydrogen (secondary N) is 1. The zero-order chi connectivity index (χ0) is 15.2. The largest absolute Gasteiger partial charge is 0.479 e. The maximum atomic E-state index is 11.8. The van der Waals surface area contributed by atoms with Gasteiger partial charge in [-0.3, -0.25) is 4.79 Å². The van der Waals surface area contributed by atoms with E-state index in [2.05, 4.69) is 5.32 Å². The summed E-state index contributed by atoms with van der Waals surface area (Å²) in [5, 5.41) is 20.4. The Balaban J connectivity index is 2.38. The van der Waals surface area contributed by atoms with Gasteiger partial charge in [0.25, 0.3) is 0 Å². The Bertz CT molecular complexity index is 462. The molecule has 0 fully saturated rings. The summed E-state index contributed by atoms with van der Waals surface area (Å²) in [5.74, 6) is -0.945. The van der Waals surface area contributed by atoms with Crippen molar-refractivity contribution < 1.29 is 19.8 Å². The molecule has 0 heterocycles. The highest BCUT2D eigenvalue weighted by Gasteiger charge is 2.30. The van der Waals surface area contributed by atoms with Crippen molar-refractivity contribution in [3.63, 3.8) is 0 Å². The monoisotopic (exact) mass is 297 g/mol. The highest BCUT2D eigenvalue weighted by molar-refractivity contribution is 7.99. The summed E-state index contributed by atoms with van der Waals surface area (Å²) in [6.45, 7) is 2.59. The molecule has 0 spiro atoms. The first-order chi connectivity index (χ1) is 9.33. The summed E-state index contributed by atoms with van der Waals surface area (Å²) >= 11 is 1.46. The van der Waals surface area contributed by atoms with E-state index in [0.717, 1.165) is 12.5 Å². The number of aliphatic hydroxyl groups is 1. The quantitative estimate of drug-likeness (QED) is 0.705. The third-order valence-corrected chi connectivity index (χ3v) is 3.99. The molecule has 0 saturated heterocycles. The fourth-order valence-electron chi connectivity index (χ4n) is 1.35. The van der Waals surface area contributed by atoms with Crippen LogP contribution in [-0.4, -0.2) is 39.5 Å². The molecule has 5 nitrogen and oxygen atoms in total. The Kier molecular flexibility index (Phi) is 6.04. The molecule has 1 aromatic rings. The molecule has 0 aliphatic heterocycles. The number of carboxylic acids is 1.